The van der Waals surface area contributed by atoms with Crippen LogP contribution in [0, 0.1) is 5.92 Å². The number of hydrogen-bond donors (Lipinski definition) is 2. The highest BCUT2D eigenvalue weighted by Gasteiger charge is 2.20. The highest BCUT2D eigenvalue weighted by atomic mass is 16.3. The Labute approximate surface area is 98.0 Å². The topological polar surface area (TPSA) is 52.6 Å². The van der Waals surface area contributed by atoms with Gasteiger partial charge in [0.25, 0.3) is 0 Å². The number of rotatable bonds is 4. The highest BCUT2D eigenvalue weighted by Crippen LogP contribution is 2.15. The fraction of sp³-hybridized carbons (Fsp3) is 0.917. The second kappa shape index (κ2) is 6.74. The van der Waals surface area contributed by atoms with Crippen LogP contribution < -0.4 is 5.32 Å². The molecule has 2 N–H and O–H groups in total. The first-order chi connectivity index (χ1) is 7.63. The van der Waals surface area contributed by atoms with Crippen LogP contribution in [0.15, 0.2) is 0 Å². The second-order valence-corrected chi connectivity index (χ2v) is 4.80. The Morgan fingerprint density at radius 2 is 2.12 bits per heavy atom. The summed E-state index contributed by atoms with van der Waals surface area (Å²) in [6.45, 7) is 6.31. The molecule has 0 spiro atoms. The van der Waals surface area contributed by atoms with Gasteiger partial charge in [-0.1, -0.05) is 20.3 Å². The molecule has 2 amide bonds. The molecule has 1 fully saturated rings. The Hall–Kier alpha value is -0.770. The molecule has 0 aromatic heterocycles. The van der Waals surface area contributed by atoms with Gasteiger partial charge in [0.1, 0.15) is 0 Å². The molecule has 0 aliphatic carbocycles. The number of piperidine rings is 1. The van der Waals surface area contributed by atoms with Gasteiger partial charge in [-0.3, -0.25) is 0 Å². The van der Waals surface area contributed by atoms with Crippen molar-refractivity contribution in [2.24, 2.45) is 5.92 Å². The van der Waals surface area contributed by atoms with E-state index < -0.39 is 6.10 Å². The van der Waals surface area contributed by atoms with Crippen molar-refractivity contribution in [2.45, 2.75) is 45.6 Å². The summed E-state index contributed by atoms with van der Waals surface area (Å²) in [7, 11) is 0. The summed E-state index contributed by atoms with van der Waals surface area (Å²) in [4.78, 5) is 13.6. The Kier molecular flexibility index (Phi) is 5.60. The van der Waals surface area contributed by atoms with Crippen molar-refractivity contribution in [2.75, 3.05) is 19.6 Å². The number of hydrogen-bond acceptors (Lipinski definition) is 2. The molecule has 4 heteroatoms. The number of aliphatic hydroxyl groups excluding tert-OH is 1. The lowest BCUT2D eigenvalue weighted by Crippen LogP contribution is -2.46. The number of nitrogens with zero attached hydrogens (tertiary/aromatic N) is 1. The molecule has 4 nitrogen and oxygen atoms in total. The summed E-state index contributed by atoms with van der Waals surface area (Å²) in [6.07, 6.45) is 3.46. The number of amides is 2. The van der Waals surface area contributed by atoms with Crippen molar-refractivity contribution in [3.05, 3.63) is 0 Å². The van der Waals surface area contributed by atoms with Crippen molar-refractivity contribution in [3.63, 3.8) is 0 Å². The monoisotopic (exact) mass is 228 g/mol. The van der Waals surface area contributed by atoms with Gasteiger partial charge in [0.15, 0.2) is 0 Å². The van der Waals surface area contributed by atoms with E-state index in [9.17, 15) is 9.90 Å². The summed E-state index contributed by atoms with van der Waals surface area (Å²) >= 11 is 0. The lowest BCUT2D eigenvalue weighted by Gasteiger charge is -2.30. The maximum atomic E-state index is 11.7. The van der Waals surface area contributed by atoms with Crippen molar-refractivity contribution in [1.29, 1.82) is 0 Å². The van der Waals surface area contributed by atoms with Crippen LogP contribution in [0.2, 0.25) is 0 Å². The number of aliphatic hydroxyl groups is 1. The van der Waals surface area contributed by atoms with E-state index in [0.29, 0.717) is 6.54 Å². The molecule has 0 aromatic rings. The lowest BCUT2D eigenvalue weighted by atomic mass is 10.00. The quantitative estimate of drug-likeness (QED) is 0.767. The average molecular weight is 228 g/mol. The summed E-state index contributed by atoms with van der Waals surface area (Å²) in [5, 5.41) is 12.3. The molecule has 1 unspecified atom stereocenters. The molecular weight excluding hydrogens is 204 g/mol. The van der Waals surface area contributed by atoms with E-state index in [0.717, 1.165) is 44.7 Å². The third-order valence-electron chi connectivity index (χ3n) is 3.18. The Morgan fingerprint density at radius 1 is 1.50 bits per heavy atom. The molecule has 0 saturated carbocycles. The van der Waals surface area contributed by atoms with Gasteiger partial charge in [-0.25, -0.2) is 4.79 Å². The van der Waals surface area contributed by atoms with E-state index in [4.69, 9.17) is 0 Å². The molecule has 1 saturated heterocycles. The predicted octanol–water partition coefficient (Wildman–Crippen LogP) is 1.59. The summed E-state index contributed by atoms with van der Waals surface area (Å²) < 4.78 is 0. The van der Waals surface area contributed by atoms with Gasteiger partial charge < -0.3 is 15.3 Å². The van der Waals surface area contributed by atoms with E-state index in [2.05, 4.69) is 12.2 Å². The standard InChI is InChI=1S/C12H24N2O2/c1-3-4-11(15)9-13-12(16)14-7-5-10(2)6-8-14/h10-11,15H,3-9H2,1-2H3,(H,13,16). The minimum Gasteiger partial charge on any atom is -0.391 e. The Balaban J connectivity index is 2.19. The lowest BCUT2D eigenvalue weighted by molar-refractivity contribution is 0.145. The van der Waals surface area contributed by atoms with Crippen LogP contribution >= 0.6 is 0 Å². The first-order valence-corrected chi connectivity index (χ1v) is 6.34. The molecule has 1 heterocycles. The van der Waals surface area contributed by atoms with Crippen LogP contribution in [-0.4, -0.2) is 41.8 Å². The van der Waals surface area contributed by atoms with Crippen LogP contribution in [0.1, 0.15) is 39.5 Å². The predicted molar refractivity (Wildman–Crippen MR) is 64.3 cm³/mol. The molecule has 0 aromatic carbocycles. The maximum Gasteiger partial charge on any atom is 0.317 e. The fourth-order valence-electron chi connectivity index (χ4n) is 1.96. The first-order valence-electron chi connectivity index (χ1n) is 6.34. The molecule has 1 aliphatic rings. The third-order valence-corrected chi connectivity index (χ3v) is 3.18. The van der Waals surface area contributed by atoms with E-state index in [1.54, 1.807) is 0 Å². The normalized spacial score (nSPS) is 19.6. The van der Waals surface area contributed by atoms with Gasteiger partial charge >= 0.3 is 6.03 Å². The summed E-state index contributed by atoms with van der Waals surface area (Å²) in [5.41, 5.74) is 0. The van der Waals surface area contributed by atoms with Gasteiger partial charge in [0.05, 0.1) is 6.10 Å². The molecule has 94 valence electrons. The van der Waals surface area contributed by atoms with Crippen LogP contribution in [0.5, 0.6) is 0 Å². The zero-order valence-electron chi connectivity index (χ0n) is 10.4. The molecule has 1 atom stereocenters. The van der Waals surface area contributed by atoms with Crippen molar-refractivity contribution in [1.82, 2.24) is 10.2 Å². The van der Waals surface area contributed by atoms with E-state index in [-0.39, 0.29) is 6.03 Å². The van der Waals surface area contributed by atoms with Crippen LogP contribution in [-0.2, 0) is 0 Å². The van der Waals surface area contributed by atoms with Gasteiger partial charge in [0, 0.05) is 19.6 Å². The molecular formula is C12H24N2O2. The van der Waals surface area contributed by atoms with Crippen LogP contribution in [0.3, 0.4) is 0 Å². The minimum absolute atomic E-state index is 0.0259. The number of nitrogens with one attached hydrogen (secondary N) is 1. The number of urea groups is 1. The van der Waals surface area contributed by atoms with Crippen molar-refractivity contribution >= 4 is 6.03 Å². The second-order valence-electron chi connectivity index (χ2n) is 4.80. The SMILES string of the molecule is CCCC(O)CNC(=O)N1CCC(C)CC1. The zero-order chi connectivity index (χ0) is 12.0. The van der Waals surface area contributed by atoms with Gasteiger partial charge in [-0.2, -0.15) is 0 Å². The number of carbonyl (C=O) groups is 1. The third kappa shape index (κ3) is 4.39. The highest BCUT2D eigenvalue weighted by molar-refractivity contribution is 5.74. The van der Waals surface area contributed by atoms with Crippen LogP contribution in [0.25, 0.3) is 0 Å². The maximum absolute atomic E-state index is 11.7. The summed E-state index contributed by atoms with van der Waals surface area (Å²) in [5.74, 6) is 0.731. The van der Waals surface area contributed by atoms with Gasteiger partial charge in [-0.15, -0.1) is 0 Å². The van der Waals surface area contributed by atoms with E-state index in [1.807, 2.05) is 11.8 Å². The van der Waals surface area contributed by atoms with E-state index in [1.165, 1.54) is 0 Å². The molecule has 0 bridgehead atoms. The Bertz CT molecular complexity index is 213. The fourth-order valence-corrected chi connectivity index (χ4v) is 1.96. The smallest absolute Gasteiger partial charge is 0.317 e. The molecule has 0 radical (unpaired) electrons. The van der Waals surface area contributed by atoms with Gasteiger partial charge in [-0.05, 0) is 25.2 Å². The number of carbonyl (C=O) groups excluding carboxylic acids is 1. The number of likely N-dealkylation sites (tertiary alicyclic amines) is 1. The first kappa shape index (κ1) is 13.3. The average Bonchev–Trinajstić information content (AvgIpc) is 2.27. The van der Waals surface area contributed by atoms with E-state index >= 15 is 0 Å². The zero-order valence-corrected chi connectivity index (χ0v) is 10.4. The van der Waals surface area contributed by atoms with Crippen molar-refractivity contribution in [3.8, 4) is 0 Å². The molecule has 16 heavy (non-hydrogen) atoms. The molecule has 1 rings (SSSR count). The van der Waals surface area contributed by atoms with Crippen molar-refractivity contribution < 1.29 is 9.90 Å². The Morgan fingerprint density at radius 3 is 2.69 bits per heavy atom. The largest absolute Gasteiger partial charge is 0.391 e. The summed E-state index contributed by atoms with van der Waals surface area (Å²) in [6, 6.07) is -0.0259. The van der Waals surface area contributed by atoms with Crippen LogP contribution in [0.4, 0.5) is 4.79 Å². The molecule has 1 aliphatic heterocycles. The van der Waals surface area contributed by atoms with Gasteiger partial charge in [0.2, 0.25) is 0 Å². The minimum atomic E-state index is -0.405.